The predicted octanol–water partition coefficient (Wildman–Crippen LogP) is 3.22. The van der Waals surface area contributed by atoms with Gasteiger partial charge in [-0.3, -0.25) is 0 Å². The van der Waals surface area contributed by atoms with Crippen LogP contribution in [0.5, 0.6) is 0 Å². The molecule has 0 aliphatic rings. The second-order valence-corrected chi connectivity index (χ2v) is 5.56. The van der Waals surface area contributed by atoms with Gasteiger partial charge in [-0.1, -0.05) is 34.1 Å². The number of rotatable bonds is 8. The van der Waals surface area contributed by atoms with Gasteiger partial charge < -0.3 is 10.1 Å². The van der Waals surface area contributed by atoms with Crippen LogP contribution in [0.2, 0.25) is 0 Å². The number of hydrogen-bond acceptors (Lipinski definition) is 2. The van der Waals surface area contributed by atoms with Crippen molar-refractivity contribution in [3.05, 3.63) is 0 Å². The van der Waals surface area contributed by atoms with Crippen molar-refractivity contribution in [2.24, 2.45) is 5.41 Å². The molecule has 92 valence electrons. The molecule has 0 radical (unpaired) electrons. The molecule has 2 nitrogen and oxygen atoms in total. The predicted molar refractivity (Wildman–Crippen MR) is 67.3 cm³/mol. The lowest BCUT2D eigenvalue weighted by Crippen LogP contribution is -2.33. The van der Waals surface area contributed by atoms with Crippen molar-refractivity contribution in [1.82, 2.24) is 5.32 Å². The maximum atomic E-state index is 5.22. The maximum Gasteiger partial charge on any atom is 0.0615 e. The molecule has 0 bridgehead atoms. The zero-order valence-electron chi connectivity index (χ0n) is 11.2. The van der Waals surface area contributed by atoms with Crippen LogP contribution < -0.4 is 5.32 Å². The highest BCUT2D eigenvalue weighted by Gasteiger charge is 2.12. The van der Waals surface area contributed by atoms with E-state index in [9.17, 15) is 0 Å². The topological polar surface area (TPSA) is 21.3 Å². The maximum absolute atomic E-state index is 5.22. The van der Waals surface area contributed by atoms with Crippen molar-refractivity contribution in [2.75, 3.05) is 20.3 Å². The summed E-state index contributed by atoms with van der Waals surface area (Å²) in [5.41, 5.74) is 0.461. The van der Waals surface area contributed by atoms with E-state index in [4.69, 9.17) is 4.74 Å². The lowest BCUT2D eigenvalue weighted by molar-refractivity contribution is 0.159. The highest BCUT2D eigenvalue weighted by molar-refractivity contribution is 4.69. The molecular weight excluding hydrogens is 186 g/mol. The molecule has 0 aliphatic heterocycles. The Balaban J connectivity index is 3.65. The van der Waals surface area contributed by atoms with E-state index in [0.717, 1.165) is 13.2 Å². The Morgan fingerprint density at radius 3 is 2.40 bits per heavy atom. The first-order valence-electron chi connectivity index (χ1n) is 6.22. The van der Waals surface area contributed by atoms with Crippen LogP contribution in [0.15, 0.2) is 0 Å². The van der Waals surface area contributed by atoms with Gasteiger partial charge in [-0.15, -0.1) is 0 Å². The van der Waals surface area contributed by atoms with Gasteiger partial charge >= 0.3 is 0 Å². The minimum Gasteiger partial charge on any atom is -0.383 e. The molecular formula is C13H29NO. The standard InChI is InChI=1S/C13H29NO/c1-6-10-14-12(11-15-5)8-7-9-13(2,3)4/h12,14H,6-11H2,1-5H3. The van der Waals surface area contributed by atoms with Gasteiger partial charge in [0.15, 0.2) is 0 Å². The molecule has 0 amide bonds. The van der Waals surface area contributed by atoms with Gasteiger partial charge in [-0.25, -0.2) is 0 Å². The molecule has 0 fully saturated rings. The molecule has 0 spiro atoms. The monoisotopic (exact) mass is 215 g/mol. The Kier molecular flexibility index (Phi) is 8.07. The molecule has 2 heteroatoms. The lowest BCUT2D eigenvalue weighted by Gasteiger charge is -2.21. The van der Waals surface area contributed by atoms with E-state index in [1.54, 1.807) is 7.11 Å². The molecule has 0 aromatic rings. The minimum absolute atomic E-state index is 0.461. The van der Waals surface area contributed by atoms with Crippen molar-refractivity contribution in [3.8, 4) is 0 Å². The van der Waals surface area contributed by atoms with Crippen LogP contribution in [-0.4, -0.2) is 26.3 Å². The molecule has 0 saturated heterocycles. The first-order chi connectivity index (χ1) is 6.99. The Morgan fingerprint density at radius 2 is 1.93 bits per heavy atom. The Labute approximate surface area is 95.8 Å². The zero-order chi connectivity index (χ0) is 11.7. The third kappa shape index (κ3) is 10.2. The number of nitrogens with one attached hydrogen (secondary N) is 1. The fourth-order valence-corrected chi connectivity index (χ4v) is 1.67. The zero-order valence-corrected chi connectivity index (χ0v) is 11.2. The van der Waals surface area contributed by atoms with Gasteiger partial charge in [-0.2, -0.15) is 0 Å². The second-order valence-electron chi connectivity index (χ2n) is 5.56. The van der Waals surface area contributed by atoms with Crippen molar-refractivity contribution in [2.45, 2.75) is 59.4 Å². The third-order valence-electron chi connectivity index (χ3n) is 2.53. The van der Waals surface area contributed by atoms with E-state index >= 15 is 0 Å². The summed E-state index contributed by atoms with van der Waals surface area (Å²) in [4.78, 5) is 0. The fraction of sp³-hybridized carbons (Fsp3) is 1.00. The summed E-state index contributed by atoms with van der Waals surface area (Å²) in [6.45, 7) is 11.0. The van der Waals surface area contributed by atoms with E-state index in [0.29, 0.717) is 11.5 Å². The molecule has 0 aliphatic carbocycles. The van der Waals surface area contributed by atoms with Gasteiger partial charge in [0.1, 0.15) is 0 Å². The Bertz CT molecular complexity index is 140. The summed E-state index contributed by atoms with van der Waals surface area (Å²) in [6, 6.07) is 0.539. The highest BCUT2D eigenvalue weighted by Crippen LogP contribution is 2.22. The molecule has 1 unspecified atom stereocenters. The Morgan fingerprint density at radius 1 is 1.27 bits per heavy atom. The van der Waals surface area contributed by atoms with E-state index in [-0.39, 0.29) is 0 Å². The van der Waals surface area contributed by atoms with Gasteiger partial charge in [0, 0.05) is 13.2 Å². The summed E-state index contributed by atoms with van der Waals surface area (Å²) in [6.07, 6.45) is 5.00. The molecule has 1 atom stereocenters. The number of methoxy groups -OCH3 is 1. The van der Waals surface area contributed by atoms with Crippen LogP contribution in [0.25, 0.3) is 0 Å². The van der Waals surface area contributed by atoms with Crippen LogP contribution >= 0.6 is 0 Å². The highest BCUT2D eigenvalue weighted by atomic mass is 16.5. The fourth-order valence-electron chi connectivity index (χ4n) is 1.67. The van der Waals surface area contributed by atoms with Crippen LogP contribution in [-0.2, 0) is 4.74 Å². The average molecular weight is 215 g/mol. The van der Waals surface area contributed by atoms with Gasteiger partial charge in [0.05, 0.1) is 6.61 Å². The first-order valence-corrected chi connectivity index (χ1v) is 6.22. The molecule has 15 heavy (non-hydrogen) atoms. The normalized spacial score (nSPS) is 14.2. The quantitative estimate of drug-likeness (QED) is 0.671. The first kappa shape index (κ1) is 14.9. The molecule has 0 saturated carbocycles. The van der Waals surface area contributed by atoms with E-state index < -0.39 is 0 Å². The molecule has 0 aromatic heterocycles. The van der Waals surface area contributed by atoms with Crippen molar-refractivity contribution < 1.29 is 4.74 Å². The molecule has 0 heterocycles. The van der Waals surface area contributed by atoms with Gasteiger partial charge in [-0.05, 0) is 31.2 Å². The van der Waals surface area contributed by atoms with E-state index in [1.807, 2.05) is 0 Å². The molecule has 0 aromatic carbocycles. The van der Waals surface area contributed by atoms with Gasteiger partial charge in [0.25, 0.3) is 0 Å². The van der Waals surface area contributed by atoms with E-state index in [1.165, 1.54) is 25.7 Å². The minimum atomic E-state index is 0.461. The summed E-state index contributed by atoms with van der Waals surface area (Å²) < 4.78 is 5.22. The molecule has 1 N–H and O–H groups in total. The largest absolute Gasteiger partial charge is 0.383 e. The summed E-state index contributed by atoms with van der Waals surface area (Å²) in [7, 11) is 1.78. The van der Waals surface area contributed by atoms with Crippen LogP contribution in [0.1, 0.15) is 53.4 Å². The van der Waals surface area contributed by atoms with E-state index in [2.05, 4.69) is 33.0 Å². The van der Waals surface area contributed by atoms with Crippen molar-refractivity contribution in [3.63, 3.8) is 0 Å². The van der Waals surface area contributed by atoms with Crippen molar-refractivity contribution >= 4 is 0 Å². The third-order valence-corrected chi connectivity index (χ3v) is 2.53. The summed E-state index contributed by atoms with van der Waals surface area (Å²) in [5, 5.41) is 3.53. The van der Waals surface area contributed by atoms with Crippen molar-refractivity contribution in [1.29, 1.82) is 0 Å². The lowest BCUT2D eigenvalue weighted by atomic mass is 9.89. The van der Waals surface area contributed by atoms with Crippen LogP contribution in [0, 0.1) is 5.41 Å². The molecule has 0 rings (SSSR count). The number of ether oxygens (including phenoxy) is 1. The van der Waals surface area contributed by atoms with Crippen LogP contribution in [0.4, 0.5) is 0 Å². The summed E-state index contributed by atoms with van der Waals surface area (Å²) in [5.74, 6) is 0. The Hall–Kier alpha value is -0.0800. The SMILES string of the molecule is CCCNC(CCCC(C)(C)C)COC. The smallest absolute Gasteiger partial charge is 0.0615 e. The summed E-state index contributed by atoms with van der Waals surface area (Å²) >= 11 is 0. The van der Waals surface area contributed by atoms with Crippen LogP contribution in [0.3, 0.4) is 0 Å². The number of hydrogen-bond donors (Lipinski definition) is 1. The second kappa shape index (κ2) is 8.12. The average Bonchev–Trinajstić information content (AvgIpc) is 2.12. The van der Waals surface area contributed by atoms with Gasteiger partial charge in [0.2, 0.25) is 0 Å².